The van der Waals surface area contributed by atoms with Gasteiger partial charge in [0.2, 0.25) is 0 Å². The van der Waals surface area contributed by atoms with Gasteiger partial charge >= 0.3 is 0 Å². The van der Waals surface area contributed by atoms with E-state index in [0.29, 0.717) is 6.04 Å². The predicted octanol–water partition coefficient (Wildman–Crippen LogP) is 4.89. The molecule has 0 spiro atoms. The average Bonchev–Trinajstić information content (AvgIpc) is 2.97. The fraction of sp³-hybridized carbons (Fsp3) is 0.579. The van der Waals surface area contributed by atoms with Gasteiger partial charge in [-0.2, -0.15) is 0 Å². The van der Waals surface area contributed by atoms with Gasteiger partial charge in [0.1, 0.15) is 0 Å². The Morgan fingerprint density at radius 3 is 2.62 bits per heavy atom. The average molecular weight is 284 g/mol. The maximum absolute atomic E-state index is 3.48. The van der Waals surface area contributed by atoms with Gasteiger partial charge in [-0.05, 0) is 55.2 Å². The Labute approximate surface area is 128 Å². The van der Waals surface area contributed by atoms with Gasteiger partial charge in [-0.3, -0.25) is 0 Å². The van der Waals surface area contributed by atoms with Crippen molar-refractivity contribution in [2.75, 3.05) is 6.54 Å². The maximum Gasteiger partial charge on any atom is 0.0528 e. The van der Waals surface area contributed by atoms with Crippen molar-refractivity contribution in [3.63, 3.8) is 0 Å². The smallest absolute Gasteiger partial charge is 0.0528 e. The van der Waals surface area contributed by atoms with Crippen molar-refractivity contribution >= 4 is 10.9 Å². The van der Waals surface area contributed by atoms with Crippen LogP contribution in [0.25, 0.3) is 10.9 Å². The molecule has 1 aliphatic rings. The van der Waals surface area contributed by atoms with Gasteiger partial charge in [-0.25, -0.2) is 0 Å². The first-order valence-electron chi connectivity index (χ1n) is 8.62. The number of nitrogens with one attached hydrogen (secondary N) is 1. The van der Waals surface area contributed by atoms with Gasteiger partial charge in [0.25, 0.3) is 0 Å². The molecule has 114 valence electrons. The molecular weight excluding hydrogens is 256 g/mol. The molecule has 1 heterocycles. The van der Waals surface area contributed by atoms with E-state index in [4.69, 9.17) is 0 Å². The Hall–Kier alpha value is -1.28. The number of aromatic nitrogens is 1. The monoisotopic (exact) mass is 284 g/mol. The van der Waals surface area contributed by atoms with Crippen molar-refractivity contribution in [2.45, 2.75) is 58.5 Å². The zero-order valence-corrected chi connectivity index (χ0v) is 13.4. The Balaban J connectivity index is 1.88. The minimum atomic E-state index is 0.702. The summed E-state index contributed by atoms with van der Waals surface area (Å²) in [6.45, 7) is 6.51. The van der Waals surface area contributed by atoms with E-state index < -0.39 is 0 Å². The topological polar surface area (TPSA) is 17.0 Å². The van der Waals surface area contributed by atoms with Crippen LogP contribution < -0.4 is 5.32 Å². The van der Waals surface area contributed by atoms with Gasteiger partial charge in [-0.1, -0.05) is 38.5 Å². The van der Waals surface area contributed by atoms with Crippen molar-refractivity contribution in [3.05, 3.63) is 36.0 Å². The summed E-state index contributed by atoms with van der Waals surface area (Å²) < 4.78 is 2.56. The molecular formula is C19H28N2. The number of rotatable bonds is 5. The third kappa shape index (κ3) is 3.01. The molecule has 0 bridgehead atoms. The van der Waals surface area contributed by atoms with E-state index in [1.165, 1.54) is 48.6 Å². The van der Waals surface area contributed by atoms with Crippen LogP contribution >= 0.6 is 0 Å². The number of para-hydroxylation sites is 1. The number of hydrogen-bond donors (Lipinski definition) is 1. The molecule has 0 unspecified atom stereocenters. The van der Waals surface area contributed by atoms with Crippen LogP contribution in [-0.2, 0) is 6.54 Å². The van der Waals surface area contributed by atoms with Crippen molar-refractivity contribution in [1.29, 1.82) is 0 Å². The van der Waals surface area contributed by atoms with Gasteiger partial charge in [0.05, 0.1) is 5.52 Å². The largest absolute Gasteiger partial charge is 0.344 e. The highest BCUT2D eigenvalue weighted by atomic mass is 15.0. The first kappa shape index (κ1) is 14.6. The molecule has 0 atom stereocenters. The summed E-state index contributed by atoms with van der Waals surface area (Å²) in [5.41, 5.74) is 2.90. The molecule has 2 heteroatoms. The second-order valence-corrected chi connectivity index (χ2v) is 6.44. The highest BCUT2D eigenvalue weighted by Gasteiger charge is 2.22. The van der Waals surface area contributed by atoms with Crippen LogP contribution in [0.2, 0.25) is 0 Å². The van der Waals surface area contributed by atoms with Crippen LogP contribution in [0.1, 0.15) is 57.6 Å². The molecule has 0 aliphatic heterocycles. The standard InChI is InChI=1S/C19H28N2/c1-3-15-8-10-18(11-9-15)21-13-12-16-6-5-7-17(19(16)21)14-20-4-2/h5-7,12-13,15,18,20H,3-4,8-11,14H2,1-2H3. The molecule has 1 aromatic heterocycles. The molecule has 0 saturated heterocycles. The lowest BCUT2D eigenvalue weighted by atomic mass is 9.84. The van der Waals surface area contributed by atoms with Gasteiger partial charge in [-0.15, -0.1) is 0 Å². The summed E-state index contributed by atoms with van der Waals surface area (Å²) in [5.74, 6) is 0.962. The lowest BCUT2D eigenvalue weighted by molar-refractivity contribution is 0.273. The number of fused-ring (bicyclic) bond motifs is 1. The SMILES string of the molecule is CCNCc1cccc2ccn(C3CCC(CC)CC3)c12. The second-order valence-electron chi connectivity index (χ2n) is 6.44. The third-order valence-electron chi connectivity index (χ3n) is 5.18. The lowest BCUT2D eigenvalue weighted by Crippen LogP contribution is -2.18. The summed E-state index contributed by atoms with van der Waals surface area (Å²) in [6.07, 6.45) is 9.16. The first-order valence-corrected chi connectivity index (χ1v) is 8.62. The second kappa shape index (κ2) is 6.65. The molecule has 1 saturated carbocycles. The molecule has 2 nitrogen and oxygen atoms in total. The van der Waals surface area contributed by atoms with E-state index in [-0.39, 0.29) is 0 Å². The van der Waals surface area contributed by atoms with Crippen LogP contribution in [0, 0.1) is 5.92 Å². The summed E-state index contributed by atoms with van der Waals surface area (Å²) >= 11 is 0. The van der Waals surface area contributed by atoms with E-state index in [2.05, 4.69) is 54.2 Å². The Kier molecular flexibility index (Phi) is 4.64. The number of nitrogens with zero attached hydrogens (tertiary/aromatic N) is 1. The van der Waals surface area contributed by atoms with Crippen molar-refractivity contribution in [2.24, 2.45) is 5.92 Å². The summed E-state index contributed by atoms with van der Waals surface area (Å²) in [6, 6.07) is 9.70. The zero-order valence-electron chi connectivity index (χ0n) is 13.4. The fourth-order valence-corrected chi connectivity index (χ4v) is 3.83. The molecule has 21 heavy (non-hydrogen) atoms. The Morgan fingerprint density at radius 2 is 1.90 bits per heavy atom. The van der Waals surface area contributed by atoms with Gasteiger partial charge < -0.3 is 9.88 Å². The summed E-state index contributed by atoms with van der Waals surface area (Å²) in [7, 11) is 0. The molecule has 3 rings (SSSR count). The fourth-order valence-electron chi connectivity index (χ4n) is 3.83. The minimum Gasteiger partial charge on any atom is -0.344 e. The van der Waals surface area contributed by atoms with E-state index in [9.17, 15) is 0 Å². The van der Waals surface area contributed by atoms with E-state index in [0.717, 1.165) is 19.0 Å². The highest BCUT2D eigenvalue weighted by Crippen LogP contribution is 2.36. The van der Waals surface area contributed by atoms with Crippen LogP contribution in [-0.4, -0.2) is 11.1 Å². The Morgan fingerprint density at radius 1 is 1.10 bits per heavy atom. The summed E-state index contributed by atoms with van der Waals surface area (Å²) in [4.78, 5) is 0. The first-order chi connectivity index (χ1) is 10.3. The van der Waals surface area contributed by atoms with Crippen molar-refractivity contribution < 1.29 is 0 Å². The van der Waals surface area contributed by atoms with Crippen LogP contribution in [0.3, 0.4) is 0 Å². The Bertz CT molecular complexity index is 576. The molecule has 1 fully saturated rings. The normalized spacial score (nSPS) is 22.8. The van der Waals surface area contributed by atoms with Crippen LogP contribution in [0.15, 0.2) is 30.5 Å². The maximum atomic E-state index is 3.48. The number of hydrogen-bond acceptors (Lipinski definition) is 1. The quantitative estimate of drug-likeness (QED) is 0.827. The third-order valence-corrected chi connectivity index (χ3v) is 5.18. The van der Waals surface area contributed by atoms with Crippen molar-refractivity contribution in [1.82, 2.24) is 9.88 Å². The molecule has 0 radical (unpaired) electrons. The minimum absolute atomic E-state index is 0.702. The van der Waals surface area contributed by atoms with Crippen LogP contribution in [0.4, 0.5) is 0 Å². The van der Waals surface area contributed by atoms with E-state index >= 15 is 0 Å². The molecule has 1 aromatic carbocycles. The molecule has 1 aliphatic carbocycles. The van der Waals surface area contributed by atoms with Gasteiger partial charge in [0.15, 0.2) is 0 Å². The van der Waals surface area contributed by atoms with Crippen molar-refractivity contribution in [3.8, 4) is 0 Å². The lowest BCUT2D eigenvalue weighted by Gasteiger charge is -2.30. The van der Waals surface area contributed by atoms with Gasteiger partial charge in [0, 0.05) is 18.8 Å². The van der Waals surface area contributed by atoms with E-state index in [1.807, 2.05) is 0 Å². The number of benzene rings is 1. The highest BCUT2D eigenvalue weighted by molar-refractivity contribution is 5.83. The summed E-state index contributed by atoms with van der Waals surface area (Å²) in [5, 5.41) is 4.87. The van der Waals surface area contributed by atoms with E-state index in [1.54, 1.807) is 0 Å². The molecule has 0 amide bonds. The molecule has 1 N–H and O–H groups in total. The van der Waals surface area contributed by atoms with Crippen LogP contribution in [0.5, 0.6) is 0 Å². The molecule has 2 aromatic rings. The predicted molar refractivity (Wildman–Crippen MR) is 90.6 cm³/mol. The zero-order chi connectivity index (χ0) is 14.7.